The molecule has 3 rings (SSSR count). The van der Waals surface area contributed by atoms with Crippen molar-refractivity contribution in [3.63, 3.8) is 0 Å². The van der Waals surface area contributed by atoms with E-state index >= 15 is 0 Å². The van der Waals surface area contributed by atoms with E-state index in [0.717, 1.165) is 11.1 Å². The lowest BCUT2D eigenvalue weighted by molar-refractivity contribution is 0.0951. The Labute approximate surface area is 197 Å². The van der Waals surface area contributed by atoms with Crippen LogP contribution < -0.4 is 9.62 Å². The fourth-order valence-corrected chi connectivity index (χ4v) is 4.67. The lowest BCUT2D eigenvalue weighted by Gasteiger charge is -2.26. The van der Waals surface area contributed by atoms with Crippen molar-refractivity contribution < 1.29 is 13.2 Å². The van der Waals surface area contributed by atoms with Crippen molar-refractivity contribution in [2.75, 3.05) is 17.1 Å². The maximum Gasteiger partial charge on any atom is 0.251 e. The second kappa shape index (κ2) is 10.7. The molecule has 0 aliphatic heterocycles. The number of benzene rings is 3. The molecule has 33 heavy (non-hydrogen) atoms. The van der Waals surface area contributed by atoms with Crippen molar-refractivity contribution in [2.45, 2.75) is 39.2 Å². The minimum Gasteiger partial charge on any atom is -0.351 e. The van der Waals surface area contributed by atoms with Gasteiger partial charge in [0.25, 0.3) is 5.91 Å². The molecule has 0 heterocycles. The standard InChI is InChI=1S/C27H32N2O3S/c1-20(2)25-12-8-9-13-26(25)29(33(4,31)32)19-22-14-16-24(17-15-22)27(30)28-18-21(3)23-10-6-5-7-11-23/h5-17,20-21H,18-19H2,1-4H3,(H,28,30). The molecule has 0 saturated carbocycles. The van der Waals surface area contributed by atoms with Gasteiger partial charge in [0.15, 0.2) is 0 Å². The molecule has 1 unspecified atom stereocenters. The first-order valence-corrected chi connectivity index (χ1v) is 13.0. The second-order valence-electron chi connectivity index (χ2n) is 8.70. The van der Waals surface area contributed by atoms with Gasteiger partial charge in [-0.25, -0.2) is 8.42 Å². The van der Waals surface area contributed by atoms with Crippen LogP contribution >= 0.6 is 0 Å². The topological polar surface area (TPSA) is 66.5 Å². The van der Waals surface area contributed by atoms with Crippen LogP contribution in [-0.2, 0) is 16.6 Å². The Hall–Kier alpha value is -3.12. The largest absolute Gasteiger partial charge is 0.351 e. The van der Waals surface area contributed by atoms with Crippen LogP contribution in [0, 0.1) is 0 Å². The van der Waals surface area contributed by atoms with Crippen LogP contribution in [0.15, 0.2) is 78.9 Å². The predicted molar refractivity (Wildman–Crippen MR) is 135 cm³/mol. The molecule has 0 aliphatic carbocycles. The third-order valence-corrected chi connectivity index (χ3v) is 6.83. The number of anilines is 1. The van der Waals surface area contributed by atoms with Gasteiger partial charge in [0.05, 0.1) is 18.5 Å². The van der Waals surface area contributed by atoms with Gasteiger partial charge in [-0.1, -0.05) is 81.4 Å². The van der Waals surface area contributed by atoms with Gasteiger partial charge in [0.2, 0.25) is 10.0 Å². The van der Waals surface area contributed by atoms with E-state index < -0.39 is 10.0 Å². The molecule has 0 radical (unpaired) electrons. The van der Waals surface area contributed by atoms with Crippen LogP contribution in [0.4, 0.5) is 5.69 Å². The highest BCUT2D eigenvalue weighted by Crippen LogP contribution is 2.30. The molecule has 174 valence electrons. The van der Waals surface area contributed by atoms with Crippen molar-refractivity contribution in [3.8, 4) is 0 Å². The van der Waals surface area contributed by atoms with Crippen molar-refractivity contribution in [1.82, 2.24) is 5.32 Å². The molecule has 0 fully saturated rings. The SMILES string of the molecule is CC(C)c1ccccc1N(Cc1ccc(C(=O)NCC(C)c2ccccc2)cc1)S(C)(=O)=O. The average molecular weight is 465 g/mol. The summed E-state index contributed by atoms with van der Waals surface area (Å²) in [7, 11) is -3.49. The van der Waals surface area contributed by atoms with Gasteiger partial charge in [-0.05, 0) is 46.7 Å². The third kappa shape index (κ3) is 6.45. The predicted octanol–water partition coefficient (Wildman–Crippen LogP) is 5.31. The summed E-state index contributed by atoms with van der Waals surface area (Å²) in [6.45, 7) is 6.91. The van der Waals surface area contributed by atoms with Gasteiger partial charge >= 0.3 is 0 Å². The Balaban J connectivity index is 1.71. The minimum absolute atomic E-state index is 0.144. The molecule has 1 N–H and O–H groups in total. The molecule has 1 atom stereocenters. The van der Waals surface area contributed by atoms with Crippen LogP contribution in [0.1, 0.15) is 59.7 Å². The van der Waals surface area contributed by atoms with Crippen LogP contribution in [-0.4, -0.2) is 27.1 Å². The summed E-state index contributed by atoms with van der Waals surface area (Å²) in [5, 5.41) is 2.98. The van der Waals surface area contributed by atoms with E-state index in [2.05, 4.69) is 24.4 Å². The third-order valence-electron chi connectivity index (χ3n) is 5.71. The Kier molecular flexibility index (Phi) is 7.92. The summed E-state index contributed by atoms with van der Waals surface area (Å²) in [5.74, 6) is 0.253. The first kappa shape index (κ1) is 24.5. The summed E-state index contributed by atoms with van der Waals surface area (Å²) >= 11 is 0. The Morgan fingerprint density at radius 2 is 1.48 bits per heavy atom. The van der Waals surface area contributed by atoms with Gasteiger partial charge in [-0.3, -0.25) is 9.10 Å². The van der Waals surface area contributed by atoms with Gasteiger partial charge in [0, 0.05) is 12.1 Å². The summed E-state index contributed by atoms with van der Waals surface area (Å²) in [5.41, 5.74) is 4.20. The highest BCUT2D eigenvalue weighted by atomic mass is 32.2. The van der Waals surface area contributed by atoms with E-state index in [9.17, 15) is 13.2 Å². The number of rotatable bonds is 9. The van der Waals surface area contributed by atoms with Gasteiger partial charge in [-0.15, -0.1) is 0 Å². The summed E-state index contributed by atoms with van der Waals surface area (Å²) in [6, 6.07) is 24.7. The number of carbonyl (C=O) groups is 1. The van der Waals surface area contributed by atoms with Gasteiger partial charge in [0.1, 0.15) is 0 Å². The molecular formula is C27H32N2O3S. The Morgan fingerprint density at radius 1 is 0.879 bits per heavy atom. The Morgan fingerprint density at radius 3 is 2.09 bits per heavy atom. The van der Waals surface area contributed by atoms with E-state index in [-0.39, 0.29) is 24.3 Å². The molecular weight excluding hydrogens is 432 g/mol. The van der Waals surface area contributed by atoms with Crippen molar-refractivity contribution in [1.29, 1.82) is 0 Å². The zero-order valence-corrected chi connectivity index (χ0v) is 20.5. The number of amides is 1. The molecule has 0 bridgehead atoms. The molecule has 6 heteroatoms. The van der Waals surface area contributed by atoms with Crippen LogP contribution in [0.25, 0.3) is 0 Å². The van der Waals surface area contributed by atoms with Crippen LogP contribution in [0.5, 0.6) is 0 Å². The molecule has 0 aliphatic rings. The van der Waals surface area contributed by atoms with E-state index in [4.69, 9.17) is 0 Å². The van der Waals surface area contributed by atoms with Crippen molar-refractivity contribution in [3.05, 3.63) is 101 Å². The first-order valence-electron chi connectivity index (χ1n) is 11.2. The molecule has 5 nitrogen and oxygen atoms in total. The molecule has 0 spiro atoms. The van der Waals surface area contributed by atoms with E-state index in [0.29, 0.717) is 17.8 Å². The normalized spacial score (nSPS) is 12.4. The zero-order valence-electron chi connectivity index (χ0n) is 19.7. The van der Waals surface area contributed by atoms with Crippen LogP contribution in [0.3, 0.4) is 0 Å². The Bertz CT molecular complexity index is 1170. The van der Waals surface area contributed by atoms with Crippen LogP contribution in [0.2, 0.25) is 0 Å². The minimum atomic E-state index is -3.49. The number of hydrogen-bond donors (Lipinski definition) is 1. The van der Waals surface area contributed by atoms with Crippen molar-refractivity contribution in [2.24, 2.45) is 0 Å². The molecule has 1 amide bonds. The average Bonchev–Trinajstić information content (AvgIpc) is 2.81. The number of carbonyl (C=O) groups excluding carboxylic acids is 1. The number of nitrogens with zero attached hydrogens (tertiary/aromatic N) is 1. The fourth-order valence-electron chi connectivity index (χ4n) is 3.76. The summed E-state index contributed by atoms with van der Waals surface area (Å²) < 4.78 is 26.7. The molecule has 0 aromatic heterocycles. The monoisotopic (exact) mass is 464 g/mol. The lowest BCUT2D eigenvalue weighted by Crippen LogP contribution is -2.30. The second-order valence-corrected chi connectivity index (χ2v) is 10.6. The lowest BCUT2D eigenvalue weighted by atomic mass is 10.0. The maximum atomic E-state index is 12.6. The zero-order chi connectivity index (χ0) is 24.0. The molecule has 3 aromatic carbocycles. The number of hydrogen-bond acceptors (Lipinski definition) is 3. The quantitative estimate of drug-likeness (QED) is 0.467. The maximum absolute atomic E-state index is 12.6. The number of sulfonamides is 1. The van der Waals surface area contributed by atoms with Gasteiger partial charge in [-0.2, -0.15) is 0 Å². The van der Waals surface area contributed by atoms with E-state index in [1.165, 1.54) is 16.1 Å². The summed E-state index contributed by atoms with van der Waals surface area (Å²) in [4.78, 5) is 12.6. The highest BCUT2D eigenvalue weighted by Gasteiger charge is 2.22. The highest BCUT2D eigenvalue weighted by molar-refractivity contribution is 7.92. The van der Waals surface area contributed by atoms with E-state index in [1.54, 1.807) is 12.1 Å². The fraction of sp³-hybridized carbons (Fsp3) is 0.296. The van der Waals surface area contributed by atoms with Crippen molar-refractivity contribution >= 4 is 21.6 Å². The molecule has 3 aromatic rings. The smallest absolute Gasteiger partial charge is 0.251 e. The molecule has 0 saturated heterocycles. The van der Waals surface area contributed by atoms with Gasteiger partial charge < -0.3 is 5.32 Å². The number of nitrogens with one attached hydrogen (secondary N) is 1. The summed E-state index contributed by atoms with van der Waals surface area (Å²) in [6.07, 6.45) is 1.22. The first-order chi connectivity index (χ1) is 15.7. The van der Waals surface area contributed by atoms with E-state index in [1.807, 2.05) is 68.4 Å². The number of para-hydroxylation sites is 1.